The van der Waals surface area contributed by atoms with Gasteiger partial charge in [-0.05, 0) is 97.4 Å². The van der Waals surface area contributed by atoms with Gasteiger partial charge in [-0.15, -0.1) is 0 Å². The molecule has 4 rings (SSSR count). The van der Waals surface area contributed by atoms with Gasteiger partial charge in [-0.3, -0.25) is 9.59 Å². The molecule has 0 spiro atoms. The van der Waals surface area contributed by atoms with Crippen molar-refractivity contribution in [3.63, 3.8) is 0 Å². The lowest BCUT2D eigenvalue weighted by Crippen LogP contribution is -2.53. The maximum absolute atomic E-state index is 13.6. The molecule has 4 aliphatic rings. The summed E-state index contributed by atoms with van der Waals surface area (Å²) in [6.45, 7) is 15.8. The second kappa shape index (κ2) is 9.58. The monoisotopic (exact) mass is 468 g/mol. The summed E-state index contributed by atoms with van der Waals surface area (Å²) in [6, 6.07) is 0. The van der Waals surface area contributed by atoms with Crippen molar-refractivity contribution in [2.75, 3.05) is 0 Å². The van der Waals surface area contributed by atoms with Crippen LogP contribution < -0.4 is 0 Å². The van der Waals surface area contributed by atoms with Crippen LogP contribution in [0, 0.1) is 52.3 Å². The third kappa shape index (κ3) is 4.35. The Bertz CT molecular complexity index is 853. The van der Waals surface area contributed by atoms with Gasteiger partial charge in [0.2, 0.25) is 0 Å². The number of carbonyl (C=O) groups excluding carboxylic acids is 2. The van der Waals surface area contributed by atoms with Crippen LogP contribution in [0.1, 0.15) is 99.8 Å². The zero-order valence-electron chi connectivity index (χ0n) is 22.7. The molecule has 0 unspecified atom stereocenters. The van der Waals surface area contributed by atoms with Gasteiger partial charge in [0, 0.05) is 19.3 Å². The van der Waals surface area contributed by atoms with Crippen molar-refractivity contribution in [2.45, 2.75) is 106 Å². The summed E-state index contributed by atoms with van der Waals surface area (Å²) < 4.78 is 5.55. The fraction of sp³-hybridized carbons (Fsp3) is 0.806. The molecule has 3 heteroatoms. The largest absolute Gasteiger partial charge is 0.462 e. The smallest absolute Gasteiger partial charge is 0.302 e. The fourth-order valence-corrected chi connectivity index (χ4v) is 8.89. The van der Waals surface area contributed by atoms with Gasteiger partial charge in [-0.1, -0.05) is 59.3 Å². The highest BCUT2D eigenvalue weighted by Crippen LogP contribution is 2.66. The molecule has 0 saturated heterocycles. The third-order valence-electron chi connectivity index (χ3n) is 10.9. The number of rotatable bonds is 6. The summed E-state index contributed by atoms with van der Waals surface area (Å²) >= 11 is 0. The minimum Gasteiger partial charge on any atom is -0.462 e. The van der Waals surface area contributed by atoms with E-state index in [4.69, 9.17) is 4.74 Å². The van der Waals surface area contributed by atoms with E-state index >= 15 is 0 Å². The Balaban J connectivity index is 1.55. The molecule has 0 heterocycles. The zero-order valence-corrected chi connectivity index (χ0v) is 22.7. The van der Waals surface area contributed by atoms with Crippen LogP contribution in [-0.2, 0) is 14.3 Å². The van der Waals surface area contributed by atoms with Crippen LogP contribution in [0.4, 0.5) is 0 Å². The molecule has 0 amide bonds. The SMILES string of the molecule is CC[C@H](/C=C/[C@@H](C)[C@H]1CC[C@H]2[C@@H]3C(=O)C=C4C[C@@H](OC(C)=O)CC[C@]4(C)[C@H]3CC[C@]12C)C(C)C. The minimum absolute atomic E-state index is 0.0590. The lowest BCUT2D eigenvalue weighted by atomic mass is 9.46. The van der Waals surface area contributed by atoms with E-state index in [0.717, 1.165) is 25.7 Å². The molecule has 0 aromatic rings. The number of allylic oxidation sites excluding steroid dienone is 3. The molecular formula is C31H48O3. The number of ketones is 1. The quantitative estimate of drug-likeness (QED) is 0.298. The second-order valence-electron chi connectivity index (χ2n) is 13.0. The molecule has 190 valence electrons. The molecule has 0 bridgehead atoms. The van der Waals surface area contributed by atoms with E-state index < -0.39 is 0 Å². The van der Waals surface area contributed by atoms with E-state index in [1.807, 2.05) is 6.08 Å². The molecule has 3 fully saturated rings. The fourth-order valence-electron chi connectivity index (χ4n) is 8.89. The molecule has 3 saturated carbocycles. The number of fused-ring (bicyclic) bond motifs is 5. The van der Waals surface area contributed by atoms with Crippen LogP contribution in [0.5, 0.6) is 0 Å². The number of ether oxygens (including phenoxy) is 1. The Kier molecular flexibility index (Phi) is 7.25. The van der Waals surface area contributed by atoms with Gasteiger partial charge in [0.25, 0.3) is 0 Å². The van der Waals surface area contributed by atoms with Crippen molar-refractivity contribution in [1.82, 2.24) is 0 Å². The van der Waals surface area contributed by atoms with Gasteiger partial charge < -0.3 is 4.74 Å². The van der Waals surface area contributed by atoms with Crippen molar-refractivity contribution in [3.05, 3.63) is 23.8 Å². The van der Waals surface area contributed by atoms with Crippen molar-refractivity contribution in [1.29, 1.82) is 0 Å². The van der Waals surface area contributed by atoms with Crippen molar-refractivity contribution < 1.29 is 14.3 Å². The average Bonchev–Trinajstić information content (AvgIpc) is 3.11. The molecule has 9 atom stereocenters. The van der Waals surface area contributed by atoms with E-state index in [2.05, 4.69) is 53.7 Å². The van der Waals surface area contributed by atoms with E-state index in [1.165, 1.54) is 38.2 Å². The van der Waals surface area contributed by atoms with Crippen LogP contribution in [0.25, 0.3) is 0 Å². The first-order valence-electron chi connectivity index (χ1n) is 14.1. The van der Waals surface area contributed by atoms with Gasteiger partial charge >= 0.3 is 5.97 Å². The highest BCUT2D eigenvalue weighted by atomic mass is 16.5. The summed E-state index contributed by atoms with van der Waals surface area (Å²) in [5.74, 6) is 3.89. The summed E-state index contributed by atoms with van der Waals surface area (Å²) in [4.78, 5) is 25.2. The summed E-state index contributed by atoms with van der Waals surface area (Å²) in [5, 5.41) is 0. The Morgan fingerprint density at radius 2 is 1.82 bits per heavy atom. The van der Waals surface area contributed by atoms with Crippen molar-refractivity contribution >= 4 is 11.8 Å². The van der Waals surface area contributed by atoms with Crippen LogP contribution >= 0.6 is 0 Å². The highest BCUT2D eigenvalue weighted by Gasteiger charge is 2.61. The topological polar surface area (TPSA) is 43.4 Å². The van der Waals surface area contributed by atoms with Gasteiger partial charge in [-0.2, -0.15) is 0 Å². The Morgan fingerprint density at radius 3 is 2.47 bits per heavy atom. The van der Waals surface area contributed by atoms with Gasteiger partial charge in [0.1, 0.15) is 6.10 Å². The average molecular weight is 469 g/mol. The Labute approximate surface area is 208 Å². The van der Waals surface area contributed by atoms with Crippen molar-refractivity contribution in [3.8, 4) is 0 Å². The maximum atomic E-state index is 13.6. The number of hydrogen-bond acceptors (Lipinski definition) is 3. The molecule has 0 aliphatic heterocycles. The van der Waals surface area contributed by atoms with Crippen LogP contribution in [-0.4, -0.2) is 17.9 Å². The molecule has 0 N–H and O–H groups in total. The molecular weight excluding hydrogens is 420 g/mol. The van der Waals surface area contributed by atoms with E-state index in [-0.39, 0.29) is 28.8 Å². The first kappa shape index (κ1) is 25.7. The maximum Gasteiger partial charge on any atom is 0.302 e. The first-order chi connectivity index (χ1) is 16.0. The normalized spacial score (nSPS) is 41.5. The minimum atomic E-state index is -0.207. The van der Waals surface area contributed by atoms with E-state index in [1.54, 1.807) is 0 Å². The van der Waals surface area contributed by atoms with Crippen molar-refractivity contribution in [2.24, 2.45) is 52.3 Å². The van der Waals surface area contributed by atoms with Crippen LogP contribution in [0.2, 0.25) is 0 Å². The second-order valence-corrected chi connectivity index (χ2v) is 13.0. The van der Waals surface area contributed by atoms with E-state index in [9.17, 15) is 9.59 Å². The summed E-state index contributed by atoms with van der Waals surface area (Å²) in [5.41, 5.74) is 1.60. The molecule has 34 heavy (non-hydrogen) atoms. The van der Waals surface area contributed by atoms with Gasteiger partial charge in [-0.25, -0.2) is 0 Å². The lowest BCUT2D eigenvalue weighted by molar-refractivity contribution is -0.149. The molecule has 0 aromatic carbocycles. The Morgan fingerprint density at radius 1 is 1.09 bits per heavy atom. The Hall–Kier alpha value is -1.38. The molecule has 3 nitrogen and oxygen atoms in total. The highest BCUT2D eigenvalue weighted by molar-refractivity contribution is 5.94. The number of esters is 1. The van der Waals surface area contributed by atoms with Gasteiger partial charge in [0.15, 0.2) is 5.78 Å². The standard InChI is InChI=1S/C31H48O3/c1-8-22(19(2)3)10-9-20(4)25-11-12-26-29-27(14-16-31(25,26)7)30(6)15-13-24(34-21(5)32)17-23(30)18-28(29)33/h9-10,18-20,22,24-27,29H,8,11-17H2,1-7H3/b10-9+/t20-,22-,24+,25-,26+,27+,29+,30+,31-/m1/s1. The predicted octanol–water partition coefficient (Wildman–Crippen LogP) is 7.55. The number of carbonyl (C=O) groups is 2. The summed E-state index contributed by atoms with van der Waals surface area (Å²) in [7, 11) is 0. The molecule has 0 aromatic heterocycles. The first-order valence-corrected chi connectivity index (χ1v) is 14.1. The van der Waals surface area contributed by atoms with Crippen LogP contribution in [0.3, 0.4) is 0 Å². The molecule has 4 aliphatic carbocycles. The van der Waals surface area contributed by atoms with Crippen LogP contribution in [0.15, 0.2) is 23.8 Å². The molecule has 0 radical (unpaired) electrons. The van der Waals surface area contributed by atoms with E-state index in [0.29, 0.717) is 41.3 Å². The lowest BCUT2D eigenvalue weighted by Gasteiger charge is -2.57. The third-order valence-corrected chi connectivity index (χ3v) is 10.9. The number of hydrogen-bond donors (Lipinski definition) is 0. The predicted molar refractivity (Wildman–Crippen MR) is 138 cm³/mol. The van der Waals surface area contributed by atoms with Gasteiger partial charge in [0.05, 0.1) is 0 Å². The zero-order chi connectivity index (χ0) is 24.8. The summed E-state index contributed by atoms with van der Waals surface area (Å²) in [6.07, 6.45) is 15.7.